The van der Waals surface area contributed by atoms with Gasteiger partial charge in [0, 0.05) is 15.6 Å². The number of hydrogen-bond acceptors (Lipinski definition) is 1. The summed E-state index contributed by atoms with van der Waals surface area (Å²) >= 11 is 3.48. The molecule has 2 aromatic rings. The summed E-state index contributed by atoms with van der Waals surface area (Å²) in [6, 6.07) is 6.17. The molecule has 0 spiro atoms. The fourth-order valence-corrected chi connectivity index (χ4v) is 1.96. The van der Waals surface area contributed by atoms with Gasteiger partial charge in [0.05, 0.1) is 5.52 Å². The maximum absolute atomic E-state index is 4.27. The Morgan fingerprint density at radius 1 is 1.43 bits per heavy atom. The van der Waals surface area contributed by atoms with Crippen LogP contribution in [-0.2, 0) is 6.42 Å². The number of aromatic nitrogens is 2. The highest BCUT2D eigenvalue weighted by Gasteiger charge is 2.06. The first-order chi connectivity index (χ1) is 6.66. The fourth-order valence-electron chi connectivity index (χ4n) is 1.60. The standard InChI is InChI=1S/C11H13BrN2/c1-7(2)5-11-9-6-8(12)3-4-10(9)13-14-11/h3-4,6-7H,5H2,1-2H3,(H,13,14). The second kappa shape index (κ2) is 3.73. The lowest BCUT2D eigenvalue weighted by molar-refractivity contribution is 0.636. The molecule has 0 atom stereocenters. The zero-order valence-corrected chi connectivity index (χ0v) is 9.93. The number of rotatable bonds is 2. The maximum atomic E-state index is 4.27. The van der Waals surface area contributed by atoms with Crippen LogP contribution in [0.25, 0.3) is 10.9 Å². The van der Waals surface area contributed by atoms with Crippen molar-refractivity contribution in [3.05, 3.63) is 28.4 Å². The normalized spacial score (nSPS) is 11.4. The minimum atomic E-state index is 0.651. The number of nitrogens with zero attached hydrogens (tertiary/aromatic N) is 1. The van der Waals surface area contributed by atoms with E-state index in [4.69, 9.17) is 0 Å². The highest BCUT2D eigenvalue weighted by molar-refractivity contribution is 9.10. The van der Waals surface area contributed by atoms with Gasteiger partial charge in [0.25, 0.3) is 0 Å². The Labute approximate surface area is 91.8 Å². The van der Waals surface area contributed by atoms with Crippen LogP contribution in [0.3, 0.4) is 0 Å². The van der Waals surface area contributed by atoms with Gasteiger partial charge in [-0.15, -0.1) is 0 Å². The molecular weight excluding hydrogens is 240 g/mol. The number of benzene rings is 1. The monoisotopic (exact) mass is 252 g/mol. The Bertz CT molecular complexity index is 445. The molecule has 0 aliphatic heterocycles. The third-order valence-electron chi connectivity index (χ3n) is 2.21. The molecule has 0 aliphatic rings. The van der Waals surface area contributed by atoms with Crippen molar-refractivity contribution < 1.29 is 0 Å². The summed E-state index contributed by atoms with van der Waals surface area (Å²) < 4.78 is 1.11. The number of aromatic amines is 1. The summed E-state index contributed by atoms with van der Waals surface area (Å²) in [5, 5.41) is 8.60. The summed E-state index contributed by atoms with van der Waals surface area (Å²) in [4.78, 5) is 0. The lowest BCUT2D eigenvalue weighted by Crippen LogP contribution is -1.94. The van der Waals surface area contributed by atoms with E-state index in [-0.39, 0.29) is 0 Å². The van der Waals surface area contributed by atoms with E-state index >= 15 is 0 Å². The zero-order valence-electron chi connectivity index (χ0n) is 8.34. The van der Waals surface area contributed by atoms with E-state index in [1.807, 2.05) is 12.1 Å². The minimum Gasteiger partial charge on any atom is -0.281 e. The van der Waals surface area contributed by atoms with E-state index in [0.29, 0.717) is 5.92 Å². The molecule has 2 nitrogen and oxygen atoms in total. The van der Waals surface area contributed by atoms with Crippen LogP contribution in [0.5, 0.6) is 0 Å². The van der Waals surface area contributed by atoms with Gasteiger partial charge in [0.1, 0.15) is 0 Å². The Morgan fingerprint density at radius 3 is 2.93 bits per heavy atom. The number of H-pyrrole nitrogens is 1. The van der Waals surface area contributed by atoms with E-state index < -0.39 is 0 Å². The average Bonchev–Trinajstić information content (AvgIpc) is 2.47. The minimum absolute atomic E-state index is 0.651. The van der Waals surface area contributed by atoms with Gasteiger partial charge < -0.3 is 0 Å². The van der Waals surface area contributed by atoms with Gasteiger partial charge in [0.2, 0.25) is 0 Å². The topological polar surface area (TPSA) is 28.7 Å². The van der Waals surface area contributed by atoms with Crippen molar-refractivity contribution in [2.24, 2.45) is 5.92 Å². The molecule has 14 heavy (non-hydrogen) atoms. The first kappa shape index (κ1) is 9.71. The van der Waals surface area contributed by atoms with Crippen molar-refractivity contribution in [3.63, 3.8) is 0 Å². The van der Waals surface area contributed by atoms with Crippen molar-refractivity contribution >= 4 is 26.8 Å². The van der Waals surface area contributed by atoms with Crippen molar-refractivity contribution in [1.82, 2.24) is 10.2 Å². The van der Waals surface area contributed by atoms with Gasteiger partial charge in [-0.2, -0.15) is 5.10 Å². The molecule has 0 saturated heterocycles. The van der Waals surface area contributed by atoms with E-state index in [9.17, 15) is 0 Å². The molecular formula is C11H13BrN2. The molecule has 0 saturated carbocycles. The second-order valence-corrected chi connectivity index (χ2v) is 4.88. The van der Waals surface area contributed by atoms with Crippen LogP contribution in [0, 0.1) is 5.92 Å². The van der Waals surface area contributed by atoms with Crippen LogP contribution in [0.2, 0.25) is 0 Å². The Balaban J connectivity index is 2.50. The van der Waals surface area contributed by atoms with Gasteiger partial charge in [-0.25, -0.2) is 0 Å². The number of hydrogen-bond donors (Lipinski definition) is 1. The van der Waals surface area contributed by atoms with Crippen LogP contribution in [-0.4, -0.2) is 10.2 Å². The van der Waals surface area contributed by atoms with Crippen molar-refractivity contribution in [2.45, 2.75) is 20.3 Å². The second-order valence-electron chi connectivity index (χ2n) is 3.96. The van der Waals surface area contributed by atoms with Crippen molar-refractivity contribution in [2.75, 3.05) is 0 Å². The third-order valence-corrected chi connectivity index (χ3v) is 2.70. The summed E-state index contributed by atoms with van der Waals surface area (Å²) in [5.74, 6) is 0.651. The molecule has 0 radical (unpaired) electrons. The maximum Gasteiger partial charge on any atom is 0.0924 e. The molecule has 0 bridgehead atoms. The highest BCUT2D eigenvalue weighted by Crippen LogP contribution is 2.22. The SMILES string of the molecule is CC(C)Cc1[nH]nc2ccc(Br)cc12. The molecule has 0 fully saturated rings. The van der Waals surface area contributed by atoms with Crippen LogP contribution >= 0.6 is 15.9 Å². The largest absolute Gasteiger partial charge is 0.281 e. The van der Waals surface area contributed by atoms with Gasteiger partial charge in [-0.1, -0.05) is 29.8 Å². The molecule has 0 unspecified atom stereocenters. The number of fused-ring (bicyclic) bond motifs is 1. The Hall–Kier alpha value is -0.830. The van der Waals surface area contributed by atoms with Crippen LogP contribution in [0.1, 0.15) is 19.5 Å². The number of halogens is 1. The van der Waals surface area contributed by atoms with Gasteiger partial charge in [-0.3, -0.25) is 5.10 Å². The quantitative estimate of drug-likeness (QED) is 0.871. The third kappa shape index (κ3) is 1.82. The van der Waals surface area contributed by atoms with Gasteiger partial charge >= 0.3 is 0 Å². The van der Waals surface area contributed by atoms with E-state index in [2.05, 4.69) is 46.0 Å². The molecule has 1 heterocycles. The van der Waals surface area contributed by atoms with Crippen molar-refractivity contribution in [1.29, 1.82) is 0 Å². The highest BCUT2D eigenvalue weighted by atomic mass is 79.9. The summed E-state index contributed by atoms with van der Waals surface area (Å²) in [7, 11) is 0. The molecule has 0 amide bonds. The van der Waals surface area contributed by atoms with Crippen molar-refractivity contribution in [3.8, 4) is 0 Å². The van der Waals surface area contributed by atoms with Crippen LogP contribution in [0.4, 0.5) is 0 Å². The molecule has 0 aliphatic carbocycles. The van der Waals surface area contributed by atoms with Crippen LogP contribution in [0.15, 0.2) is 22.7 Å². The molecule has 1 aromatic heterocycles. The van der Waals surface area contributed by atoms with Crippen LogP contribution < -0.4 is 0 Å². The molecule has 1 aromatic carbocycles. The van der Waals surface area contributed by atoms with E-state index in [1.165, 1.54) is 11.1 Å². The molecule has 2 rings (SSSR count). The first-order valence-electron chi connectivity index (χ1n) is 4.79. The van der Waals surface area contributed by atoms with Gasteiger partial charge in [-0.05, 0) is 30.5 Å². The fraction of sp³-hybridized carbons (Fsp3) is 0.364. The predicted molar refractivity (Wildman–Crippen MR) is 62.3 cm³/mol. The predicted octanol–water partition coefficient (Wildman–Crippen LogP) is 3.52. The summed E-state index contributed by atoms with van der Waals surface area (Å²) in [6.07, 6.45) is 1.05. The smallest absolute Gasteiger partial charge is 0.0924 e. The van der Waals surface area contributed by atoms with E-state index in [0.717, 1.165) is 16.4 Å². The summed E-state index contributed by atoms with van der Waals surface area (Å²) in [5.41, 5.74) is 2.28. The molecule has 3 heteroatoms. The Morgan fingerprint density at radius 2 is 2.21 bits per heavy atom. The molecule has 1 N–H and O–H groups in total. The Kier molecular flexibility index (Phi) is 2.59. The number of nitrogens with one attached hydrogen (secondary N) is 1. The lowest BCUT2D eigenvalue weighted by Gasteiger charge is -2.01. The lowest BCUT2D eigenvalue weighted by atomic mass is 10.1. The average molecular weight is 253 g/mol. The first-order valence-corrected chi connectivity index (χ1v) is 5.58. The van der Waals surface area contributed by atoms with Gasteiger partial charge in [0.15, 0.2) is 0 Å². The van der Waals surface area contributed by atoms with E-state index in [1.54, 1.807) is 0 Å². The zero-order chi connectivity index (χ0) is 10.1. The molecule has 74 valence electrons. The summed E-state index contributed by atoms with van der Waals surface area (Å²) in [6.45, 7) is 4.43.